The first-order valence-electron chi connectivity index (χ1n) is 11.1. The van der Waals surface area contributed by atoms with Crippen LogP contribution >= 0.6 is 58.5 Å². The number of anilines is 2. The van der Waals surface area contributed by atoms with Gasteiger partial charge in [0.05, 0.1) is 32.9 Å². The number of rotatable bonds is 11. The molecular weight excluding hydrogens is 608 g/mol. The van der Waals surface area contributed by atoms with E-state index in [0.717, 1.165) is 29.2 Å². The number of carboxylic acid groups (broad SMARTS) is 1. The van der Waals surface area contributed by atoms with E-state index in [4.69, 9.17) is 40.5 Å². The van der Waals surface area contributed by atoms with Crippen molar-refractivity contribution in [2.75, 3.05) is 5.32 Å². The van der Waals surface area contributed by atoms with Crippen molar-refractivity contribution in [1.29, 1.82) is 0 Å². The normalized spacial score (nSPS) is 11.9. The highest BCUT2D eigenvalue weighted by atomic mass is 35.5. The molecule has 0 radical (unpaired) electrons. The first-order valence-corrected chi connectivity index (χ1v) is 14.0. The molecule has 1 unspecified atom stereocenters. The molecule has 4 rings (SSSR count). The Kier molecular flexibility index (Phi) is 9.28. The Balaban J connectivity index is 1.50. The summed E-state index contributed by atoms with van der Waals surface area (Å²) in [5, 5.41) is 16.2. The monoisotopic (exact) mass is 625 g/mol. The van der Waals surface area contributed by atoms with Gasteiger partial charge in [-0.1, -0.05) is 52.4 Å². The van der Waals surface area contributed by atoms with E-state index in [9.17, 15) is 18.8 Å². The number of nitrogens with one attached hydrogen (secondary N) is 1. The van der Waals surface area contributed by atoms with Crippen molar-refractivity contribution in [3.63, 3.8) is 0 Å². The Morgan fingerprint density at radius 3 is 2.67 bits per heavy atom. The van der Waals surface area contributed by atoms with Crippen LogP contribution in [0.4, 0.5) is 15.9 Å². The fourth-order valence-corrected chi connectivity index (χ4v) is 6.37. The summed E-state index contributed by atoms with van der Waals surface area (Å²) in [6, 6.07) is 7.66. The molecule has 0 spiro atoms. The Morgan fingerprint density at radius 2 is 1.95 bits per heavy atom. The maximum absolute atomic E-state index is 14.4. The van der Waals surface area contributed by atoms with Gasteiger partial charge in [-0.25, -0.2) is 19.0 Å². The molecule has 1 atom stereocenters. The SMILES string of the molecule is CC(=O)C(CC(=O)O)Sc1nn(CC(=O)Cc2ccc3ncnc(Nc4cc(Cl)c(Cl)cc4F)c3c2)c(=S)s1. The van der Waals surface area contributed by atoms with E-state index in [-0.39, 0.29) is 46.7 Å². The predicted molar refractivity (Wildman–Crippen MR) is 151 cm³/mol. The van der Waals surface area contributed by atoms with Crippen LogP contribution < -0.4 is 5.32 Å². The van der Waals surface area contributed by atoms with E-state index in [0.29, 0.717) is 30.6 Å². The number of benzene rings is 2. The van der Waals surface area contributed by atoms with Crippen molar-refractivity contribution < 1.29 is 23.9 Å². The van der Waals surface area contributed by atoms with Gasteiger partial charge >= 0.3 is 5.97 Å². The minimum absolute atomic E-state index is 0.0439. The van der Waals surface area contributed by atoms with Gasteiger partial charge in [0.15, 0.2) is 14.1 Å². The van der Waals surface area contributed by atoms with Crippen molar-refractivity contribution >= 4 is 98.5 Å². The Hall–Kier alpha value is -2.97. The van der Waals surface area contributed by atoms with Gasteiger partial charge in [-0.05, 0) is 49.0 Å². The molecule has 0 bridgehead atoms. The minimum Gasteiger partial charge on any atom is -0.481 e. The second-order valence-electron chi connectivity index (χ2n) is 8.27. The van der Waals surface area contributed by atoms with Gasteiger partial charge in [-0.15, -0.1) is 0 Å². The lowest BCUT2D eigenvalue weighted by Crippen LogP contribution is -2.18. The summed E-state index contributed by atoms with van der Waals surface area (Å²) < 4.78 is 16.5. The average molecular weight is 627 g/mol. The lowest BCUT2D eigenvalue weighted by molar-refractivity contribution is -0.138. The van der Waals surface area contributed by atoms with Crippen molar-refractivity contribution in [1.82, 2.24) is 19.7 Å². The Morgan fingerprint density at radius 1 is 1.21 bits per heavy atom. The summed E-state index contributed by atoms with van der Waals surface area (Å²) in [4.78, 5) is 44.1. The van der Waals surface area contributed by atoms with Crippen LogP contribution in [0.2, 0.25) is 10.0 Å². The number of nitrogens with zero attached hydrogens (tertiary/aromatic N) is 4. The number of fused-ring (bicyclic) bond motifs is 1. The van der Waals surface area contributed by atoms with Crippen LogP contribution in [-0.4, -0.2) is 47.6 Å². The van der Waals surface area contributed by atoms with Crippen LogP contribution in [0.25, 0.3) is 10.9 Å². The summed E-state index contributed by atoms with van der Waals surface area (Å²) in [5.41, 5.74) is 1.32. The van der Waals surface area contributed by atoms with Crippen LogP contribution in [0, 0.1) is 9.77 Å². The molecule has 9 nitrogen and oxygen atoms in total. The largest absolute Gasteiger partial charge is 0.481 e. The number of aromatic nitrogens is 4. The zero-order chi connectivity index (χ0) is 28.3. The van der Waals surface area contributed by atoms with Crippen LogP contribution in [0.15, 0.2) is 41.0 Å². The summed E-state index contributed by atoms with van der Waals surface area (Å²) in [6.07, 6.45) is 1.03. The van der Waals surface area contributed by atoms with E-state index >= 15 is 0 Å². The standard InChI is InChI=1S/C24H18Cl2FN5O4S3/c1-11(33)20(8-21(35)36)38-23-31-32(24(37)39-23)9-13(34)4-12-2-3-18-14(5-12)22(29-10-28-18)30-19-7-16(26)15(25)6-17(19)27/h2-3,5-7,10,20H,4,8-9H2,1H3,(H,35,36)(H,28,29,30). The second-order valence-corrected chi connectivity index (χ2v) is 12.2. The molecule has 2 N–H and O–H groups in total. The molecule has 39 heavy (non-hydrogen) atoms. The van der Waals surface area contributed by atoms with Crippen molar-refractivity contribution in [2.24, 2.45) is 0 Å². The number of carbonyl (C=O) groups excluding carboxylic acids is 2. The molecule has 4 aromatic rings. The molecule has 0 saturated carbocycles. The van der Waals surface area contributed by atoms with Crippen LogP contribution in [0.1, 0.15) is 18.9 Å². The minimum atomic E-state index is -1.10. The number of ketones is 2. The molecule has 2 heterocycles. The molecule has 0 aliphatic heterocycles. The van der Waals surface area contributed by atoms with Gasteiger partial charge in [0, 0.05) is 11.8 Å². The van der Waals surface area contributed by atoms with Crippen LogP contribution in [0.5, 0.6) is 0 Å². The third kappa shape index (κ3) is 7.37. The highest BCUT2D eigenvalue weighted by molar-refractivity contribution is 8.02. The van der Waals surface area contributed by atoms with Crippen molar-refractivity contribution in [3.05, 3.63) is 62.0 Å². The molecule has 0 fully saturated rings. The number of hydrogen-bond donors (Lipinski definition) is 2. The molecule has 15 heteroatoms. The lowest BCUT2D eigenvalue weighted by Gasteiger charge is -2.11. The summed E-state index contributed by atoms with van der Waals surface area (Å²) in [7, 11) is 0. The van der Waals surface area contributed by atoms with E-state index in [1.165, 1.54) is 24.0 Å². The third-order valence-corrected chi connectivity index (χ3v) is 8.76. The molecule has 2 aromatic heterocycles. The van der Waals surface area contributed by atoms with E-state index < -0.39 is 17.0 Å². The second kappa shape index (κ2) is 12.5. The predicted octanol–water partition coefficient (Wildman–Crippen LogP) is 6.14. The maximum atomic E-state index is 14.4. The van der Waals surface area contributed by atoms with Gasteiger partial charge in [-0.2, -0.15) is 5.10 Å². The number of thioether (sulfide) groups is 1. The highest BCUT2D eigenvalue weighted by Gasteiger charge is 2.22. The number of Topliss-reactive ketones (excluding diaryl/α,β-unsaturated/α-hetero) is 2. The molecule has 202 valence electrons. The quantitative estimate of drug-likeness (QED) is 0.114. The van der Waals surface area contributed by atoms with Gasteiger partial charge in [-0.3, -0.25) is 14.4 Å². The molecule has 0 saturated heterocycles. The average Bonchev–Trinajstić information content (AvgIpc) is 3.20. The van der Waals surface area contributed by atoms with Gasteiger partial charge in [0.25, 0.3) is 0 Å². The van der Waals surface area contributed by atoms with Crippen LogP contribution in [-0.2, 0) is 27.3 Å². The van der Waals surface area contributed by atoms with Crippen molar-refractivity contribution in [3.8, 4) is 0 Å². The lowest BCUT2D eigenvalue weighted by atomic mass is 10.1. The first kappa shape index (κ1) is 29.0. The van der Waals surface area contributed by atoms with Gasteiger partial charge in [0.2, 0.25) is 0 Å². The van der Waals surface area contributed by atoms with Crippen LogP contribution in [0.3, 0.4) is 0 Å². The topological polar surface area (TPSA) is 127 Å². The molecule has 0 amide bonds. The zero-order valence-corrected chi connectivity index (χ0v) is 23.9. The van der Waals surface area contributed by atoms with Gasteiger partial charge < -0.3 is 10.4 Å². The highest BCUT2D eigenvalue weighted by Crippen LogP contribution is 2.32. The summed E-state index contributed by atoms with van der Waals surface area (Å²) in [6.45, 7) is 1.21. The number of carbonyl (C=O) groups is 3. The molecule has 0 aliphatic rings. The number of carboxylic acids is 1. The number of aliphatic carboxylic acids is 1. The number of hydrogen-bond acceptors (Lipinski definition) is 10. The fourth-order valence-electron chi connectivity index (χ4n) is 3.49. The third-order valence-electron chi connectivity index (χ3n) is 5.33. The summed E-state index contributed by atoms with van der Waals surface area (Å²) >= 11 is 19.3. The Bertz CT molecular complexity index is 1660. The first-order chi connectivity index (χ1) is 18.5. The van der Waals surface area contributed by atoms with Gasteiger partial charge in [0.1, 0.15) is 30.3 Å². The molecular formula is C24H18Cl2FN5O4S3. The smallest absolute Gasteiger partial charge is 0.304 e. The van der Waals surface area contributed by atoms with E-state index in [1.807, 2.05) is 0 Å². The molecule has 2 aromatic carbocycles. The fraction of sp³-hybridized carbons (Fsp3) is 0.208. The Labute approximate surface area is 244 Å². The maximum Gasteiger partial charge on any atom is 0.304 e. The molecule has 0 aliphatic carbocycles. The summed E-state index contributed by atoms with van der Waals surface area (Å²) in [5.74, 6) is -1.87. The zero-order valence-electron chi connectivity index (χ0n) is 20.0. The van der Waals surface area contributed by atoms with Crippen molar-refractivity contribution in [2.45, 2.75) is 35.9 Å². The number of halogens is 3. The van der Waals surface area contributed by atoms with E-state index in [1.54, 1.807) is 18.2 Å². The van der Waals surface area contributed by atoms with E-state index in [2.05, 4.69) is 20.4 Å².